The number of allylic oxidation sites excluding steroid dienone is 1. The van der Waals surface area contributed by atoms with Gasteiger partial charge in [-0.25, -0.2) is 4.98 Å². The van der Waals surface area contributed by atoms with Crippen molar-refractivity contribution in [3.8, 4) is 0 Å². The number of aromatic nitrogens is 1. The van der Waals surface area contributed by atoms with E-state index in [0.717, 1.165) is 16.9 Å². The van der Waals surface area contributed by atoms with Gasteiger partial charge in [-0.1, -0.05) is 5.16 Å². The highest BCUT2D eigenvalue weighted by atomic mass is 32.2. The average molecular weight is 512 g/mol. The molecule has 2 aliphatic heterocycles. The highest BCUT2D eigenvalue weighted by Gasteiger charge is 2.52. The molecule has 3 heterocycles. The topological polar surface area (TPSA) is 163 Å². The van der Waals surface area contributed by atoms with Crippen LogP contribution in [0.1, 0.15) is 32.4 Å². The largest absolute Gasteiger partial charge is 0.466 e. The van der Waals surface area contributed by atoms with Crippen LogP contribution >= 0.6 is 23.1 Å². The number of nitrogens with one attached hydrogen (secondary N) is 1. The first-order valence-electron chi connectivity index (χ1n) is 10.3. The lowest BCUT2D eigenvalue weighted by Gasteiger charge is -2.50. The third-order valence-corrected chi connectivity index (χ3v) is 6.95. The lowest BCUT2D eigenvalue weighted by atomic mass is 10.00. The monoisotopic (exact) mass is 511 g/mol. The lowest BCUT2D eigenvalue weighted by Crippen LogP contribution is -2.70. The molecule has 1 aromatic heterocycles. The van der Waals surface area contributed by atoms with Crippen LogP contribution in [-0.2, 0) is 33.5 Å². The molecular weight excluding hydrogens is 486 g/mol. The van der Waals surface area contributed by atoms with Crippen LogP contribution in [0, 0.1) is 0 Å². The number of hydrogen-bond acceptors (Lipinski definition) is 12. The van der Waals surface area contributed by atoms with E-state index in [4.69, 9.17) is 20.0 Å². The summed E-state index contributed by atoms with van der Waals surface area (Å²) in [6.07, 6.45) is 0.314. The fraction of sp³-hybridized carbons (Fsp3) is 0.500. The molecule has 1 saturated heterocycles. The molecule has 1 aromatic rings. The zero-order chi connectivity index (χ0) is 24.8. The second-order valence-electron chi connectivity index (χ2n) is 7.19. The lowest BCUT2D eigenvalue weighted by molar-refractivity contribution is -0.147. The zero-order valence-corrected chi connectivity index (χ0v) is 20.5. The molecule has 0 radical (unpaired) electrons. The van der Waals surface area contributed by atoms with Crippen molar-refractivity contribution in [1.82, 2.24) is 15.2 Å². The first kappa shape index (κ1) is 25.5. The van der Waals surface area contributed by atoms with E-state index in [0.29, 0.717) is 11.4 Å². The van der Waals surface area contributed by atoms with Crippen LogP contribution in [0.25, 0.3) is 0 Å². The van der Waals surface area contributed by atoms with Crippen LogP contribution in [0.5, 0.6) is 0 Å². The van der Waals surface area contributed by atoms with E-state index in [-0.39, 0.29) is 53.9 Å². The number of nitrogens with zero attached hydrogens (tertiary/aromatic N) is 3. The van der Waals surface area contributed by atoms with Crippen molar-refractivity contribution in [2.75, 3.05) is 31.8 Å². The van der Waals surface area contributed by atoms with E-state index in [1.54, 1.807) is 12.3 Å². The summed E-state index contributed by atoms with van der Waals surface area (Å²) in [7, 11) is 1.29. The fourth-order valence-corrected chi connectivity index (χ4v) is 5.39. The maximum Gasteiger partial charge on any atom is 0.306 e. The van der Waals surface area contributed by atoms with Gasteiger partial charge in [-0.2, -0.15) is 0 Å². The minimum Gasteiger partial charge on any atom is -0.466 e. The van der Waals surface area contributed by atoms with Gasteiger partial charge in [0.05, 0.1) is 13.0 Å². The Morgan fingerprint density at radius 2 is 2.12 bits per heavy atom. The molecule has 3 N–H and O–H groups in total. The second-order valence-corrected chi connectivity index (χ2v) is 9.18. The zero-order valence-electron chi connectivity index (χ0n) is 18.9. The summed E-state index contributed by atoms with van der Waals surface area (Å²) in [5, 5.41) is 7.86. The van der Waals surface area contributed by atoms with Crippen LogP contribution in [0.15, 0.2) is 21.8 Å². The van der Waals surface area contributed by atoms with Crippen LogP contribution < -0.4 is 11.1 Å². The number of ether oxygens (including phenoxy) is 2. The number of nitrogen functional groups attached to an aromatic ring is 1. The van der Waals surface area contributed by atoms with E-state index in [1.807, 2.05) is 0 Å². The number of fused-ring (bicyclic) bond motifs is 1. The van der Waals surface area contributed by atoms with Crippen molar-refractivity contribution in [2.24, 2.45) is 5.16 Å². The summed E-state index contributed by atoms with van der Waals surface area (Å²) in [6.45, 7) is 3.28. The molecule has 2 amide bonds. The third-order valence-electron chi connectivity index (χ3n) is 4.94. The molecule has 2 aliphatic rings. The minimum absolute atomic E-state index is 0.0178. The predicted molar refractivity (Wildman–Crippen MR) is 125 cm³/mol. The summed E-state index contributed by atoms with van der Waals surface area (Å²) in [4.78, 5) is 59.4. The van der Waals surface area contributed by atoms with Crippen molar-refractivity contribution in [1.29, 1.82) is 0 Å². The number of thioether (sulfide) groups is 1. The number of nitrogens with two attached hydrogens (primary N) is 1. The number of rotatable bonds is 10. The molecule has 0 saturated carbocycles. The Bertz CT molecular complexity index is 1040. The number of carbonyl (C=O) groups excluding carboxylic acids is 4. The summed E-state index contributed by atoms with van der Waals surface area (Å²) in [5.41, 5.74) is 7.12. The fourth-order valence-electron chi connectivity index (χ4n) is 3.46. The number of esters is 2. The van der Waals surface area contributed by atoms with Gasteiger partial charge in [0.15, 0.2) is 10.8 Å². The summed E-state index contributed by atoms with van der Waals surface area (Å²) >= 11 is 2.56. The van der Waals surface area contributed by atoms with Gasteiger partial charge in [0.1, 0.15) is 30.8 Å². The molecule has 0 bridgehead atoms. The number of amides is 2. The number of oxime groups is 1. The maximum atomic E-state index is 13.1. The Balaban J connectivity index is 1.76. The SMILES string of the molecule is CCOC(=O)CCC1=C(COC(C)=O)CS[C@@H]2[C@@H](NC(=O)C(=NOC)c3csc(N)n3)C(=O)N12. The molecular formula is C20H25N5O7S2. The molecule has 0 unspecified atom stereocenters. The van der Waals surface area contributed by atoms with Crippen LogP contribution in [0.4, 0.5) is 5.13 Å². The Morgan fingerprint density at radius 1 is 1.35 bits per heavy atom. The first-order valence-corrected chi connectivity index (χ1v) is 12.3. The Hall–Kier alpha value is -3.13. The molecule has 2 atom stereocenters. The van der Waals surface area contributed by atoms with Gasteiger partial charge in [0.2, 0.25) is 0 Å². The minimum atomic E-state index is -0.816. The van der Waals surface area contributed by atoms with Gasteiger partial charge < -0.3 is 25.4 Å². The first-order chi connectivity index (χ1) is 16.3. The highest BCUT2D eigenvalue weighted by molar-refractivity contribution is 8.00. The number of carbonyl (C=O) groups is 4. The van der Waals surface area contributed by atoms with Crippen molar-refractivity contribution < 1.29 is 33.5 Å². The van der Waals surface area contributed by atoms with Gasteiger partial charge in [-0.3, -0.25) is 24.1 Å². The molecule has 12 nitrogen and oxygen atoms in total. The van der Waals surface area contributed by atoms with Gasteiger partial charge in [0.25, 0.3) is 11.8 Å². The van der Waals surface area contributed by atoms with Crippen molar-refractivity contribution in [2.45, 2.75) is 38.1 Å². The number of β-lactam (4-membered cyclic amide) rings is 1. The average Bonchev–Trinajstić information content (AvgIpc) is 3.23. The molecule has 184 valence electrons. The molecule has 14 heteroatoms. The van der Waals surface area contributed by atoms with Crippen LogP contribution in [-0.4, -0.2) is 76.8 Å². The quantitative estimate of drug-likeness (QED) is 0.197. The molecule has 0 spiro atoms. The van der Waals surface area contributed by atoms with Crippen molar-refractivity contribution in [3.05, 3.63) is 22.3 Å². The molecule has 0 aromatic carbocycles. The molecule has 0 aliphatic carbocycles. The number of anilines is 1. The number of hydrogen-bond donors (Lipinski definition) is 2. The standard InChI is InChI=1S/C20H25N5O7S2/c1-4-31-14(27)6-5-13-11(7-32-10(2)26)8-33-19-16(18(29)25(13)19)23-17(28)15(24-30-3)12-9-34-20(21)22-12/h9,16,19H,4-8H2,1-3H3,(H2,21,22)(H,23,28)/t16-,19+/m0/s1. The van der Waals surface area contributed by atoms with E-state index < -0.39 is 23.9 Å². The van der Waals surface area contributed by atoms with E-state index in [1.165, 1.54) is 30.7 Å². The third kappa shape index (κ3) is 5.67. The van der Waals surface area contributed by atoms with Gasteiger partial charge in [-0.15, -0.1) is 23.1 Å². The van der Waals surface area contributed by atoms with Crippen LogP contribution in [0.2, 0.25) is 0 Å². The normalized spacial score (nSPS) is 19.8. The smallest absolute Gasteiger partial charge is 0.306 e. The van der Waals surface area contributed by atoms with E-state index in [2.05, 4.69) is 15.5 Å². The molecule has 3 rings (SSSR count). The Labute approximate surface area is 203 Å². The van der Waals surface area contributed by atoms with Gasteiger partial charge in [-0.05, 0) is 18.9 Å². The van der Waals surface area contributed by atoms with Crippen molar-refractivity contribution in [3.63, 3.8) is 0 Å². The van der Waals surface area contributed by atoms with E-state index >= 15 is 0 Å². The highest BCUT2D eigenvalue weighted by Crippen LogP contribution is 2.41. The Kier molecular flexibility index (Phi) is 8.50. The molecule has 34 heavy (non-hydrogen) atoms. The second kappa shape index (κ2) is 11.3. The summed E-state index contributed by atoms with van der Waals surface area (Å²) < 4.78 is 10.1. The molecule has 1 fully saturated rings. The number of thiazole rings is 1. The van der Waals surface area contributed by atoms with Gasteiger partial charge in [0, 0.05) is 23.8 Å². The Morgan fingerprint density at radius 3 is 2.74 bits per heavy atom. The predicted octanol–water partition coefficient (Wildman–Crippen LogP) is 0.636. The maximum absolute atomic E-state index is 13.1. The van der Waals surface area contributed by atoms with Crippen LogP contribution in [0.3, 0.4) is 0 Å². The van der Waals surface area contributed by atoms with Gasteiger partial charge >= 0.3 is 11.9 Å². The summed E-state index contributed by atoms with van der Waals surface area (Å²) in [5.74, 6) is -1.35. The summed E-state index contributed by atoms with van der Waals surface area (Å²) in [6, 6.07) is -0.816. The van der Waals surface area contributed by atoms with E-state index in [9.17, 15) is 19.2 Å². The van der Waals surface area contributed by atoms with Crippen molar-refractivity contribution >= 4 is 57.7 Å².